The number of carbonyl (C=O) groups is 1. The number of nitrogens with two attached hydrogens (primary N) is 1. The van der Waals surface area contributed by atoms with Gasteiger partial charge in [0.2, 0.25) is 0 Å². The minimum atomic E-state index is -0.679. The topological polar surface area (TPSA) is 123 Å². The molecule has 1 atom stereocenters. The average molecular weight is 528 g/mol. The molecule has 5 heterocycles. The van der Waals surface area contributed by atoms with Crippen LogP contribution in [-0.4, -0.2) is 35.7 Å². The third kappa shape index (κ3) is 4.46. The lowest BCUT2D eigenvalue weighted by molar-refractivity contribution is 0.0658. The van der Waals surface area contributed by atoms with Gasteiger partial charge in [-0.1, -0.05) is 12.1 Å². The number of hydrogen-bond donors (Lipinski definition) is 2. The monoisotopic (exact) mass is 527 g/mol. The van der Waals surface area contributed by atoms with Crippen LogP contribution in [0, 0.1) is 11.6 Å². The minimum absolute atomic E-state index is 0.0877. The van der Waals surface area contributed by atoms with E-state index in [0.717, 1.165) is 11.1 Å². The fraction of sp³-hybridized carbons (Fsp3) is 0.179. The molecule has 0 spiro atoms. The Morgan fingerprint density at radius 2 is 1.82 bits per heavy atom. The summed E-state index contributed by atoms with van der Waals surface area (Å²) < 4.78 is 34.1. The zero-order valence-electron chi connectivity index (χ0n) is 20.9. The number of nitrogen functional groups attached to an aromatic ring is 1. The van der Waals surface area contributed by atoms with Crippen molar-refractivity contribution in [1.82, 2.24) is 29.8 Å². The van der Waals surface area contributed by atoms with Crippen molar-refractivity contribution in [2.24, 2.45) is 0 Å². The maximum atomic E-state index is 14.3. The Morgan fingerprint density at radius 3 is 2.54 bits per heavy atom. The van der Waals surface area contributed by atoms with E-state index in [0.29, 0.717) is 52.8 Å². The highest BCUT2D eigenvalue weighted by atomic mass is 19.1. The summed E-state index contributed by atoms with van der Waals surface area (Å²) in [6.07, 6.45) is 4.61. The van der Waals surface area contributed by atoms with Gasteiger partial charge in [0.05, 0.1) is 48.1 Å². The van der Waals surface area contributed by atoms with E-state index >= 15 is 0 Å². The lowest BCUT2D eigenvalue weighted by atomic mass is 10.1. The first-order valence-electron chi connectivity index (χ1n) is 12.3. The second-order valence-corrected chi connectivity index (χ2v) is 9.24. The van der Waals surface area contributed by atoms with Crippen LogP contribution in [0.15, 0.2) is 61.1 Å². The first-order chi connectivity index (χ1) is 18.9. The van der Waals surface area contributed by atoms with Crippen LogP contribution < -0.4 is 5.73 Å². The number of halogens is 2. The lowest BCUT2D eigenvalue weighted by Gasteiger charge is -2.27. The largest absolute Gasteiger partial charge is 0.383 e. The number of rotatable bonds is 6. The second kappa shape index (κ2) is 9.84. The number of benzene rings is 1. The van der Waals surface area contributed by atoms with Crippen LogP contribution in [0.2, 0.25) is 0 Å². The summed E-state index contributed by atoms with van der Waals surface area (Å²) in [6.45, 7) is 2.66. The van der Waals surface area contributed by atoms with Gasteiger partial charge in [-0.3, -0.25) is 9.78 Å². The molecule has 1 aliphatic heterocycles. The Balaban J connectivity index is 1.35. The minimum Gasteiger partial charge on any atom is -0.383 e. The molecule has 196 valence electrons. The smallest absolute Gasteiger partial charge is 0.271 e. The van der Waals surface area contributed by atoms with E-state index in [1.807, 2.05) is 6.92 Å². The summed E-state index contributed by atoms with van der Waals surface area (Å²) in [4.78, 5) is 36.2. The molecule has 0 saturated heterocycles. The summed E-state index contributed by atoms with van der Waals surface area (Å²) in [5, 5.41) is 0. The van der Waals surface area contributed by atoms with Crippen LogP contribution in [0.5, 0.6) is 0 Å². The quantitative estimate of drug-likeness (QED) is 0.328. The van der Waals surface area contributed by atoms with Gasteiger partial charge in [0.1, 0.15) is 29.0 Å². The molecule has 4 aromatic heterocycles. The van der Waals surface area contributed by atoms with Gasteiger partial charge in [-0.2, -0.15) is 0 Å². The van der Waals surface area contributed by atoms with Gasteiger partial charge < -0.3 is 20.4 Å². The Hall–Kier alpha value is -4.77. The SMILES string of the molecule is C[C@H](c1ncccn1)N(Cc1ccc(-c2c(F)cccc2F)cn1)C(=O)c1cc2nc(N)c3c(c2[nH]1)COC3. The van der Waals surface area contributed by atoms with E-state index in [4.69, 9.17) is 10.5 Å². The zero-order chi connectivity index (χ0) is 27.1. The van der Waals surface area contributed by atoms with Crippen molar-refractivity contribution >= 4 is 22.8 Å². The predicted octanol–water partition coefficient (Wildman–Crippen LogP) is 4.71. The molecule has 0 bridgehead atoms. The van der Waals surface area contributed by atoms with Gasteiger partial charge in [-0.25, -0.2) is 23.7 Å². The molecule has 1 amide bonds. The molecule has 0 fully saturated rings. The van der Waals surface area contributed by atoms with Crippen molar-refractivity contribution in [3.63, 3.8) is 0 Å². The number of amides is 1. The van der Waals surface area contributed by atoms with Crippen LogP contribution in [-0.2, 0) is 24.5 Å². The first-order valence-corrected chi connectivity index (χ1v) is 12.3. The van der Waals surface area contributed by atoms with Crippen LogP contribution in [0.4, 0.5) is 14.6 Å². The molecule has 5 aromatic rings. The standard InChI is InChI=1S/C28H23F2N7O2/c1-15(27-32-8-3-9-33-27)37(12-17-7-6-16(11-34-17)24-20(29)4-2-5-21(24)30)28(38)23-10-22-25(35-23)18-13-39-14-19(18)26(31)36-22/h2-11,15,35H,12-14H2,1H3,(H2,31,36)/t15-/m1/s1. The molecule has 0 radical (unpaired) electrons. The highest BCUT2D eigenvalue weighted by Gasteiger charge is 2.28. The van der Waals surface area contributed by atoms with Gasteiger partial charge in [-0.05, 0) is 37.3 Å². The van der Waals surface area contributed by atoms with E-state index in [1.165, 1.54) is 24.4 Å². The number of nitrogens with one attached hydrogen (secondary N) is 1. The number of pyridine rings is 2. The molecule has 0 saturated carbocycles. The number of H-pyrrole nitrogens is 1. The Kier molecular flexibility index (Phi) is 6.20. The zero-order valence-corrected chi connectivity index (χ0v) is 20.9. The van der Waals surface area contributed by atoms with Gasteiger partial charge in [0.25, 0.3) is 5.91 Å². The van der Waals surface area contributed by atoms with Crippen molar-refractivity contribution in [3.8, 4) is 11.1 Å². The summed E-state index contributed by atoms with van der Waals surface area (Å²) in [6, 6.07) is 9.74. The molecule has 39 heavy (non-hydrogen) atoms. The lowest BCUT2D eigenvalue weighted by Crippen LogP contribution is -2.34. The number of aromatic amines is 1. The number of carbonyl (C=O) groups excluding carboxylic acids is 1. The molecule has 3 N–H and O–H groups in total. The van der Waals surface area contributed by atoms with Gasteiger partial charge in [-0.15, -0.1) is 0 Å². The molecule has 9 nitrogen and oxygen atoms in total. The first kappa shape index (κ1) is 24.6. The third-order valence-electron chi connectivity index (χ3n) is 6.83. The van der Waals surface area contributed by atoms with E-state index in [1.54, 1.807) is 41.6 Å². The normalized spacial score (nSPS) is 13.4. The molecule has 1 aliphatic rings. The Bertz CT molecular complexity index is 1670. The molecular formula is C28H23F2N7O2. The summed E-state index contributed by atoms with van der Waals surface area (Å²) in [7, 11) is 0. The fourth-order valence-electron chi connectivity index (χ4n) is 4.77. The van der Waals surface area contributed by atoms with Crippen molar-refractivity contribution in [3.05, 3.63) is 101 Å². The maximum Gasteiger partial charge on any atom is 0.271 e. The highest BCUT2D eigenvalue weighted by molar-refractivity contribution is 5.98. The van der Waals surface area contributed by atoms with Crippen molar-refractivity contribution < 1.29 is 18.3 Å². The van der Waals surface area contributed by atoms with Crippen LogP contribution in [0.25, 0.3) is 22.2 Å². The number of hydrogen-bond acceptors (Lipinski definition) is 7. The van der Waals surface area contributed by atoms with Crippen molar-refractivity contribution in [1.29, 1.82) is 0 Å². The molecule has 11 heteroatoms. The fourth-order valence-corrected chi connectivity index (χ4v) is 4.77. The number of nitrogens with zero attached hydrogens (tertiary/aromatic N) is 5. The number of anilines is 1. The van der Waals surface area contributed by atoms with Gasteiger partial charge >= 0.3 is 0 Å². The Morgan fingerprint density at radius 1 is 1.08 bits per heavy atom. The van der Waals surface area contributed by atoms with Crippen LogP contribution in [0.3, 0.4) is 0 Å². The molecular weight excluding hydrogens is 504 g/mol. The molecule has 0 aliphatic carbocycles. The van der Waals surface area contributed by atoms with Crippen LogP contribution >= 0.6 is 0 Å². The predicted molar refractivity (Wildman–Crippen MR) is 139 cm³/mol. The molecule has 6 rings (SSSR count). The van der Waals surface area contributed by atoms with E-state index in [-0.39, 0.29) is 18.0 Å². The van der Waals surface area contributed by atoms with E-state index in [9.17, 15) is 13.6 Å². The third-order valence-corrected chi connectivity index (χ3v) is 6.83. The van der Waals surface area contributed by atoms with Crippen molar-refractivity contribution in [2.75, 3.05) is 5.73 Å². The number of ether oxygens (including phenoxy) is 1. The summed E-state index contributed by atoms with van der Waals surface area (Å²) in [5.74, 6) is -0.859. The van der Waals surface area contributed by atoms with Gasteiger partial charge in [0, 0.05) is 35.3 Å². The maximum absolute atomic E-state index is 14.3. The van der Waals surface area contributed by atoms with E-state index in [2.05, 4.69) is 24.9 Å². The second-order valence-electron chi connectivity index (χ2n) is 9.24. The Labute approximate surface area is 221 Å². The van der Waals surface area contributed by atoms with E-state index < -0.39 is 17.7 Å². The molecule has 1 aromatic carbocycles. The summed E-state index contributed by atoms with van der Waals surface area (Å²) >= 11 is 0. The number of fused-ring (bicyclic) bond motifs is 3. The van der Waals surface area contributed by atoms with Crippen LogP contribution in [0.1, 0.15) is 46.1 Å². The molecule has 0 unspecified atom stereocenters. The number of aromatic nitrogens is 5. The summed E-state index contributed by atoms with van der Waals surface area (Å²) in [5.41, 5.74) is 10.1. The van der Waals surface area contributed by atoms with Crippen molar-refractivity contribution in [2.45, 2.75) is 32.7 Å². The highest BCUT2D eigenvalue weighted by Crippen LogP contribution is 2.32. The van der Waals surface area contributed by atoms with Gasteiger partial charge in [0.15, 0.2) is 0 Å². The average Bonchev–Trinajstić information content (AvgIpc) is 3.60.